The molecular weight excluding hydrogens is 406 g/mol. The second-order valence-corrected chi connectivity index (χ2v) is 8.02. The predicted molar refractivity (Wildman–Crippen MR) is 117 cm³/mol. The molecule has 0 spiro atoms. The number of aromatic nitrogens is 1. The van der Waals surface area contributed by atoms with Gasteiger partial charge in [-0.2, -0.15) is 0 Å². The first kappa shape index (κ1) is 17.9. The highest BCUT2D eigenvalue weighted by atomic mass is 35.5. The normalized spacial score (nSPS) is 11.2. The van der Waals surface area contributed by atoms with Crippen LogP contribution in [0.2, 0.25) is 5.02 Å². The molecule has 0 unspecified atom stereocenters. The van der Waals surface area contributed by atoms with E-state index in [2.05, 4.69) is 4.98 Å². The number of thiazole rings is 1. The summed E-state index contributed by atoms with van der Waals surface area (Å²) >= 11 is 7.48. The van der Waals surface area contributed by atoms with E-state index in [0.29, 0.717) is 33.5 Å². The largest absolute Gasteiger partial charge is 0.489 e. The van der Waals surface area contributed by atoms with Crippen LogP contribution in [0.1, 0.15) is 5.56 Å². The molecule has 0 aliphatic rings. The Morgan fingerprint density at radius 2 is 1.90 bits per heavy atom. The summed E-state index contributed by atoms with van der Waals surface area (Å²) in [6.07, 6.45) is 0. The number of halogens is 1. The van der Waals surface area contributed by atoms with Crippen LogP contribution in [0.25, 0.3) is 31.8 Å². The Morgan fingerprint density at radius 3 is 2.76 bits per heavy atom. The van der Waals surface area contributed by atoms with E-state index in [0.717, 1.165) is 21.2 Å². The lowest BCUT2D eigenvalue weighted by molar-refractivity contribution is 0.306. The number of hydrogen-bond donors (Lipinski definition) is 0. The number of benzene rings is 3. The lowest BCUT2D eigenvalue weighted by Crippen LogP contribution is -2.02. The maximum Gasteiger partial charge on any atom is 0.346 e. The zero-order valence-corrected chi connectivity index (χ0v) is 16.7. The Kier molecular flexibility index (Phi) is 4.54. The van der Waals surface area contributed by atoms with Gasteiger partial charge in [-0.1, -0.05) is 35.9 Å². The van der Waals surface area contributed by atoms with Crippen molar-refractivity contribution in [1.82, 2.24) is 4.98 Å². The fourth-order valence-electron chi connectivity index (χ4n) is 3.11. The molecule has 29 heavy (non-hydrogen) atoms. The van der Waals surface area contributed by atoms with Gasteiger partial charge in [0.1, 0.15) is 22.9 Å². The van der Waals surface area contributed by atoms with Crippen molar-refractivity contribution in [2.24, 2.45) is 0 Å². The first-order valence-corrected chi connectivity index (χ1v) is 10.2. The summed E-state index contributed by atoms with van der Waals surface area (Å²) in [7, 11) is 0. The topological polar surface area (TPSA) is 52.3 Å². The molecule has 3 aromatic carbocycles. The van der Waals surface area contributed by atoms with E-state index in [1.54, 1.807) is 6.07 Å². The van der Waals surface area contributed by atoms with E-state index in [1.807, 2.05) is 66.7 Å². The zero-order valence-electron chi connectivity index (χ0n) is 15.1. The summed E-state index contributed by atoms with van der Waals surface area (Å²) in [5.74, 6) is 0.619. The molecule has 0 saturated carbocycles. The van der Waals surface area contributed by atoms with E-state index in [9.17, 15) is 4.79 Å². The van der Waals surface area contributed by atoms with Crippen molar-refractivity contribution in [2.75, 3.05) is 0 Å². The van der Waals surface area contributed by atoms with E-state index in [-0.39, 0.29) is 0 Å². The molecule has 2 heterocycles. The number of nitrogens with zero attached hydrogens (tertiary/aromatic N) is 1. The van der Waals surface area contributed by atoms with Gasteiger partial charge >= 0.3 is 5.63 Å². The molecule has 0 atom stereocenters. The number of hydrogen-bond acceptors (Lipinski definition) is 5. The summed E-state index contributed by atoms with van der Waals surface area (Å²) in [5.41, 5.74) is 2.36. The molecule has 0 N–H and O–H groups in total. The van der Waals surface area contributed by atoms with Crippen LogP contribution in [0.15, 0.2) is 82.0 Å². The molecule has 5 rings (SSSR count). The maximum atomic E-state index is 12.6. The molecule has 0 bridgehead atoms. The molecular formula is C23H14ClNO3S. The van der Waals surface area contributed by atoms with Gasteiger partial charge in [-0.25, -0.2) is 9.78 Å². The average Bonchev–Trinajstić information content (AvgIpc) is 3.15. The van der Waals surface area contributed by atoms with Crippen LogP contribution >= 0.6 is 22.9 Å². The third-order valence-corrected chi connectivity index (χ3v) is 5.83. The summed E-state index contributed by atoms with van der Waals surface area (Å²) in [5, 5.41) is 2.13. The first-order chi connectivity index (χ1) is 14.2. The van der Waals surface area contributed by atoms with Gasteiger partial charge in [-0.05, 0) is 48.0 Å². The highest BCUT2D eigenvalue weighted by molar-refractivity contribution is 7.21. The summed E-state index contributed by atoms with van der Waals surface area (Å²) in [4.78, 5) is 17.1. The van der Waals surface area contributed by atoms with E-state index in [1.165, 1.54) is 11.3 Å². The van der Waals surface area contributed by atoms with Crippen LogP contribution in [0.3, 0.4) is 0 Å². The van der Waals surface area contributed by atoms with Crippen molar-refractivity contribution < 1.29 is 9.15 Å². The van der Waals surface area contributed by atoms with Crippen molar-refractivity contribution in [2.45, 2.75) is 6.61 Å². The van der Waals surface area contributed by atoms with Crippen molar-refractivity contribution in [3.63, 3.8) is 0 Å². The van der Waals surface area contributed by atoms with Gasteiger partial charge in [0.15, 0.2) is 0 Å². The smallest absolute Gasteiger partial charge is 0.346 e. The minimum atomic E-state index is -0.413. The first-order valence-electron chi connectivity index (χ1n) is 8.97. The molecule has 4 nitrogen and oxygen atoms in total. The van der Waals surface area contributed by atoms with E-state index in [4.69, 9.17) is 20.8 Å². The molecule has 5 aromatic rings. The van der Waals surface area contributed by atoms with Crippen LogP contribution in [-0.2, 0) is 6.61 Å². The van der Waals surface area contributed by atoms with Crippen LogP contribution in [0.4, 0.5) is 0 Å². The monoisotopic (exact) mass is 419 g/mol. The highest BCUT2D eigenvalue weighted by Gasteiger charge is 2.13. The third kappa shape index (κ3) is 3.62. The van der Waals surface area contributed by atoms with Gasteiger partial charge in [0.05, 0.1) is 15.8 Å². The predicted octanol–water partition coefficient (Wildman–Crippen LogP) is 6.30. The number of fused-ring (bicyclic) bond motifs is 2. The Hall–Kier alpha value is -3.15. The molecule has 0 aliphatic carbocycles. The van der Waals surface area contributed by atoms with Crippen molar-refractivity contribution >= 4 is 44.1 Å². The Morgan fingerprint density at radius 1 is 1.00 bits per heavy atom. The lowest BCUT2D eigenvalue weighted by atomic mass is 10.2. The molecule has 2 aromatic heterocycles. The standard InChI is InChI=1S/C23H14ClNO3S/c24-16-5-3-4-14(10-16)13-27-17-9-8-15-11-18(23(26)28-20(15)12-17)22-25-19-6-1-2-7-21(19)29-22/h1-12H,13H2. The number of ether oxygens (including phenoxy) is 1. The van der Waals surface area contributed by atoms with Gasteiger partial charge in [0.25, 0.3) is 0 Å². The Balaban J connectivity index is 1.46. The molecule has 0 saturated heterocycles. The number of para-hydroxylation sites is 1. The molecule has 0 radical (unpaired) electrons. The molecule has 142 valence electrons. The van der Waals surface area contributed by atoms with E-state index >= 15 is 0 Å². The molecule has 6 heteroatoms. The SMILES string of the molecule is O=c1oc2cc(OCc3cccc(Cl)c3)ccc2cc1-c1nc2ccccc2s1. The van der Waals surface area contributed by atoms with Gasteiger partial charge in [0, 0.05) is 16.5 Å². The van der Waals surface area contributed by atoms with Crippen LogP contribution in [-0.4, -0.2) is 4.98 Å². The van der Waals surface area contributed by atoms with Crippen LogP contribution in [0.5, 0.6) is 5.75 Å². The molecule has 0 fully saturated rings. The van der Waals surface area contributed by atoms with Crippen molar-refractivity contribution in [3.8, 4) is 16.3 Å². The van der Waals surface area contributed by atoms with Crippen LogP contribution < -0.4 is 10.4 Å². The van der Waals surface area contributed by atoms with Crippen molar-refractivity contribution in [3.05, 3.63) is 93.8 Å². The lowest BCUT2D eigenvalue weighted by Gasteiger charge is -2.07. The average molecular weight is 420 g/mol. The molecule has 0 aliphatic heterocycles. The number of rotatable bonds is 4. The van der Waals surface area contributed by atoms with Crippen LogP contribution in [0, 0.1) is 0 Å². The minimum absolute atomic E-state index is 0.375. The third-order valence-electron chi connectivity index (χ3n) is 4.53. The summed E-state index contributed by atoms with van der Waals surface area (Å²) in [6.45, 7) is 0.375. The quantitative estimate of drug-likeness (QED) is 0.321. The van der Waals surface area contributed by atoms with Gasteiger partial charge < -0.3 is 9.15 Å². The van der Waals surface area contributed by atoms with E-state index < -0.39 is 5.63 Å². The second kappa shape index (κ2) is 7.35. The second-order valence-electron chi connectivity index (χ2n) is 6.55. The van der Waals surface area contributed by atoms with Gasteiger partial charge in [-0.3, -0.25) is 0 Å². The molecule has 0 amide bonds. The maximum absolute atomic E-state index is 12.6. The zero-order chi connectivity index (χ0) is 19.8. The summed E-state index contributed by atoms with van der Waals surface area (Å²) < 4.78 is 12.4. The summed E-state index contributed by atoms with van der Waals surface area (Å²) in [6, 6.07) is 22.6. The highest BCUT2D eigenvalue weighted by Crippen LogP contribution is 2.30. The fraction of sp³-hybridized carbons (Fsp3) is 0.0435. The minimum Gasteiger partial charge on any atom is -0.489 e. The Labute approximate surface area is 175 Å². The van der Waals surface area contributed by atoms with Gasteiger partial charge in [-0.15, -0.1) is 11.3 Å². The van der Waals surface area contributed by atoms with Crippen molar-refractivity contribution in [1.29, 1.82) is 0 Å². The Bertz CT molecular complexity index is 1370. The van der Waals surface area contributed by atoms with Gasteiger partial charge in [0.2, 0.25) is 0 Å². The fourth-order valence-corrected chi connectivity index (χ4v) is 4.29.